The number of nitrogens with zero attached hydrogens (tertiary/aromatic N) is 3. The number of hydrogen-bond donors (Lipinski definition) is 1. The highest BCUT2D eigenvalue weighted by atomic mass is 35.5. The van der Waals surface area contributed by atoms with Gasteiger partial charge in [-0.2, -0.15) is 4.98 Å². The molecule has 2 rings (SSSR count). The van der Waals surface area contributed by atoms with Crippen LogP contribution in [0.15, 0.2) is 24.3 Å². The van der Waals surface area contributed by atoms with Crippen LogP contribution >= 0.6 is 11.6 Å². The molecule has 1 heterocycles. The summed E-state index contributed by atoms with van der Waals surface area (Å²) in [5.41, 5.74) is 7.59. The highest BCUT2D eigenvalue weighted by Crippen LogP contribution is 2.18. The first-order chi connectivity index (χ1) is 7.20. The molecule has 0 radical (unpaired) electrons. The lowest BCUT2D eigenvalue weighted by atomic mass is 10.1. The highest BCUT2D eigenvalue weighted by Gasteiger charge is 2.07. The highest BCUT2D eigenvalue weighted by molar-refractivity contribution is 6.28. The van der Waals surface area contributed by atoms with Crippen molar-refractivity contribution in [2.24, 2.45) is 12.8 Å². The summed E-state index contributed by atoms with van der Waals surface area (Å²) in [6.45, 7) is 0.542. The summed E-state index contributed by atoms with van der Waals surface area (Å²) in [6.07, 6.45) is 0. The number of benzene rings is 1. The third-order valence-electron chi connectivity index (χ3n) is 2.19. The van der Waals surface area contributed by atoms with Gasteiger partial charge in [-0.1, -0.05) is 24.3 Å². The van der Waals surface area contributed by atoms with Crippen molar-refractivity contribution in [3.05, 3.63) is 35.1 Å². The summed E-state index contributed by atoms with van der Waals surface area (Å²) in [5, 5.41) is 4.24. The monoisotopic (exact) mass is 222 g/mol. The van der Waals surface area contributed by atoms with Crippen LogP contribution in [-0.2, 0) is 13.6 Å². The van der Waals surface area contributed by atoms with Gasteiger partial charge < -0.3 is 5.73 Å². The molecule has 5 heteroatoms. The second-order valence-corrected chi connectivity index (χ2v) is 3.57. The number of nitrogens with two attached hydrogens (primary N) is 1. The Morgan fingerprint density at radius 1 is 1.33 bits per heavy atom. The van der Waals surface area contributed by atoms with Crippen molar-refractivity contribution >= 4 is 11.6 Å². The van der Waals surface area contributed by atoms with Gasteiger partial charge in [-0.15, -0.1) is 5.10 Å². The predicted molar refractivity (Wildman–Crippen MR) is 59.3 cm³/mol. The van der Waals surface area contributed by atoms with Crippen molar-refractivity contribution in [3.8, 4) is 11.4 Å². The molecule has 15 heavy (non-hydrogen) atoms. The Morgan fingerprint density at radius 2 is 2.00 bits per heavy atom. The molecule has 0 fully saturated rings. The van der Waals surface area contributed by atoms with E-state index in [1.165, 1.54) is 0 Å². The lowest BCUT2D eigenvalue weighted by Gasteiger charge is -2.01. The molecule has 0 aliphatic carbocycles. The van der Waals surface area contributed by atoms with Crippen LogP contribution in [0.5, 0.6) is 0 Å². The molecule has 78 valence electrons. The summed E-state index contributed by atoms with van der Waals surface area (Å²) in [7, 11) is 1.81. The fourth-order valence-electron chi connectivity index (χ4n) is 1.39. The first-order valence-corrected chi connectivity index (χ1v) is 4.94. The Balaban J connectivity index is 2.41. The van der Waals surface area contributed by atoms with Gasteiger partial charge in [0.25, 0.3) is 0 Å². The number of hydrogen-bond acceptors (Lipinski definition) is 3. The van der Waals surface area contributed by atoms with Crippen molar-refractivity contribution in [1.82, 2.24) is 14.8 Å². The number of aromatic nitrogens is 3. The minimum absolute atomic E-state index is 0.260. The molecule has 0 saturated heterocycles. The first kappa shape index (κ1) is 10.1. The van der Waals surface area contributed by atoms with Crippen molar-refractivity contribution in [2.75, 3.05) is 0 Å². The van der Waals surface area contributed by atoms with Crippen LogP contribution in [0.25, 0.3) is 11.4 Å². The van der Waals surface area contributed by atoms with Crippen LogP contribution < -0.4 is 5.73 Å². The van der Waals surface area contributed by atoms with E-state index in [4.69, 9.17) is 17.3 Å². The molecular formula is C10H11ClN4. The van der Waals surface area contributed by atoms with Crippen LogP contribution in [0.4, 0.5) is 0 Å². The van der Waals surface area contributed by atoms with Crippen LogP contribution in [0.1, 0.15) is 5.56 Å². The molecule has 0 unspecified atom stereocenters. The quantitative estimate of drug-likeness (QED) is 0.840. The molecular weight excluding hydrogens is 212 g/mol. The first-order valence-electron chi connectivity index (χ1n) is 4.56. The van der Waals surface area contributed by atoms with Gasteiger partial charge in [-0.3, -0.25) is 0 Å². The third kappa shape index (κ3) is 2.00. The van der Waals surface area contributed by atoms with Gasteiger partial charge in [0.2, 0.25) is 5.28 Å². The van der Waals surface area contributed by atoms with Crippen LogP contribution in [0.3, 0.4) is 0 Å². The topological polar surface area (TPSA) is 56.7 Å². The number of halogens is 1. The summed E-state index contributed by atoms with van der Waals surface area (Å²) in [4.78, 5) is 4.12. The van der Waals surface area contributed by atoms with Gasteiger partial charge in [0, 0.05) is 19.2 Å². The molecule has 2 N–H and O–H groups in total. The SMILES string of the molecule is Cn1nc(Cl)nc1-c1ccc(CN)cc1. The smallest absolute Gasteiger partial charge is 0.242 e. The molecule has 0 saturated carbocycles. The Bertz CT molecular complexity index is 461. The van der Waals surface area contributed by atoms with E-state index in [0.29, 0.717) is 6.54 Å². The van der Waals surface area contributed by atoms with Gasteiger partial charge in [-0.25, -0.2) is 4.68 Å². The van der Waals surface area contributed by atoms with Gasteiger partial charge in [0.05, 0.1) is 0 Å². The van der Waals surface area contributed by atoms with E-state index >= 15 is 0 Å². The molecule has 0 spiro atoms. The van der Waals surface area contributed by atoms with Crippen LogP contribution in [-0.4, -0.2) is 14.8 Å². The van der Waals surface area contributed by atoms with Gasteiger partial charge in [0.1, 0.15) is 0 Å². The molecule has 0 bridgehead atoms. The predicted octanol–water partition coefficient (Wildman–Crippen LogP) is 1.59. The average molecular weight is 223 g/mol. The van der Waals surface area contributed by atoms with E-state index < -0.39 is 0 Å². The molecule has 2 aromatic rings. The molecule has 0 aliphatic heterocycles. The Hall–Kier alpha value is -1.39. The standard InChI is InChI=1S/C10H11ClN4/c1-15-9(13-10(11)14-15)8-4-2-7(6-12)3-5-8/h2-5H,6,12H2,1H3. The van der Waals surface area contributed by atoms with Crippen LogP contribution in [0.2, 0.25) is 5.28 Å². The second kappa shape index (κ2) is 4.00. The van der Waals surface area contributed by atoms with E-state index in [1.807, 2.05) is 31.3 Å². The molecule has 1 aromatic heterocycles. The largest absolute Gasteiger partial charge is 0.326 e. The Kier molecular flexibility index (Phi) is 2.70. The van der Waals surface area contributed by atoms with E-state index in [-0.39, 0.29) is 5.28 Å². The molecule has 0 atom stereocenters. The molecule has 1 aromatic carbocycles. The van der Waals surface area contributed by atoms with Crippen molar-refractivity contribution in [3.63, 3.8) is 0 Å². The van der Waals surface area contributed by atoms with Crippen molar-refractivity contribution < 1.29 is 0 Å². The fourth-order valence-corrected chi connectivity index (χ4v) is 1.59. The van der Waals surface area contributed by atoms with E-state index in [9.17, 15) is 0 Å². The lowest BCUT2D eigenvalue weighted by molar-refractivity contribution is 0.775. The summed E-state index contributed by atoms with van der Waals surface area (Å²) in [6, 6.07) is 7.86. The zero-order chi connectivity index (χ0) is 10.8. The van der Waals surface area contributed by atoms with E-state index in [1.54, 1.807) is 4.68 Å². The summed E-state index contributed by atoms with van der Waals surface area (Å²) in [5.74, 6) is 0.753. The number of rotatable bonds is 2. The Morgan fingerprint density at radius 3 is 2.47 bits per heavy atom. The maximum absolute atomic E-state index is 5.71. The average Bonchev–Trinajstić information content (AvgIpc) is 2.58. The zero-order valence-corrected chi connectivity index (χ0v) is 9.07. The fraction of sp³-hybridized carbons (Fsp3) is 0.200. The third-order valence-corrected chi connectivity index (χ3v) is 2.35. The summed E-state index contributed by atoms with van der Waals surface area (Å²) < 4.78 is 1.65. The second-order valence-electron chi connectivity index (χ2n) is 3.23. The summed E-state index contributed by atoms with van der Waals surface area (Å²) >= 11 is 5.71. The van der Waals surface area contributed by atoms with Gasteiger partial charge >= 0.3 is 0 Å². The maximum atomic E-state index is 5.71. The van der Waals surface area contributed by atoms with E-state index in [2.05, 4.69) is 10.1 Å². The van der Waals surface area contributed by atoms with Crippen molar-refractivity contribution in [1.29, 1.82) is 0 Å². The normalized spacial score (nSPS) is 10.6. The van der Waals surface area contributed by atoms with Gasteiger partial charge in [0.15, 0.2) is 5.82 Å². The zero-order valence-electron chi connectivity index (χ0n) is 8.31. The minimum atomic E-state index is 0.260. The molecule has 4 nitrogen and oxygen atoms in total. The Labute approximate surface area is 92.7 Å². The number of aryl methyl sites for hydroxylation is 1. The minimum Gasteiger partial charge on any atom is -0.326 e. The maximum Gasteiger partial charge on any atom is 0.242 e. The lowest BCUT2D eigenvalue weighted by Crippen LogP contribution is -1.97. The van der Waals surface area contributed by atoms with Crippen molar-refractivity contribution in [2.45, 2.75) is 6.54 Å². The van der Waals surface area contributed by atoms with E-state index in [0.717, 1.165) is 17.0 Å². The molecule has 0 aliphatic rings. The molecule has 0 amide bonds. The van der Waals surface area contributed by atoms with Crippen LogP contribution in [0, 0.1) is 0 Å². The van der Waals surface area contributed by atoms with Gasteiger partial charge in [-0.05, 0) is 17.2 Å².